The Morgan fingerprint density at radius 1 is 0.947 bits per heavy atom. The number of nitrogens with zero attached hydrogens (tertiary/aromatic N) is 2. The predicted octanol–water partition coefficient (Wildman–Crippen LogP) is 5.61. The van der Waals surface area contributed by atoms with Crippen LogP contribution in [-0.2, 0) is 0 Å². The number of aromatic nitrogens is 1. The standard InChI is InChI=1S/C30H19ClN2O4S/c31-22-12-10-19(11-13-22)25-17-24(18-4-2-1-3-5-18)32-30-33(25)28(34)27(38-30)16-23-14-15-26(37-23)20-6-8-21(9-7-20)29(35)36/h1-17,25H,(H,35,36). The minimum absolute atomic E-state index is 0.166. The van der Waals surface area contributed by atoms with Gasteiger partial charge < -0.3 is 9.52 Å². The molecule has 3 aromatic carbocycles. The number of carbonyl (C=O) groups is 1. The van der Waals surface area contributed by atoms with E-state index in [-0.39, 0.29) is 17.2 Å². The molecule has 0 spiro atoms. The highest BCUT2D eigenvalue weighted by molar-refractivity contribution is 7.07. The van der Waals surface area contributed by atoms with Crippen LogP contribution >= 0.6 is 22.9 Å². The van der Waals surface area contributed by atoms with Gasteiger partial charge in [-0.25, -0.2) is 9.79 Å². The molecule has 3 heterocycles. The number of carboxylic acid groups (broad SMARTS) is 1. The van der Waals surface area contributed by atoms with E-state index >= 15 is 0 Å². The first-order valence-corrected chi connectivity index (χ1v) is 12.9. The first-order chi connectivity index (χ1) is 18.5. The molecular formula is C30H19ClN2O4S. The number of rotatable bonds is 5. The zero-order chi connectivity index (χ0) is 26.2. The Morgan fingerprint density at radius 2 is 1.68 bits per heavy atom. The molecule has 0 fully saturated rings. The molecule has 1 unspecified atom stereocenters. The second-order valence-electron chi connectivity index (χ2n) is 8.68. The Hall–Kier alpha value is -4.46. The number of aromatic carboxylic acids is 1. The Morgan fingerprint density at radius 3 is 2.39 bits per heavy atom. The number of allylic oxidation sites excluding steroid dienone is 1. The number of thiazole rings is 1. The summed E-state index contributed by atoms with van der Waals surface area (Å²) in [6, 6.07) is 27.0. The molecule has 186 valence electrons. The fourth-order valence-electron chi connectivity index (χ4n) is 4.34. The fraction of sp³-hybridized carbons (Fsp3) is 0.0333. The van der Waals surface area contributed by atoms with E-state index in [4.69, 9.17) is 26.1 Å². The van der Waals surface area contributed by atoms with Crippen LogP contribution < -0.4 is 14.9 Å². The summed E-state index contributed by atoms with van der Waals surface area (Å²) < 4.78 is 8.16. The molecule has 0 amide bonds. The average Bonchev–Trinajstić information content (AvgIpc) is 3.53. The number of carboxylic acids is 1. The largest absolute Gasteiger partial charge is 0.478 e. The van der Waals surface area contributed by atoms with Crippen LogP contribution in [0.4, 0.5) is 0 Å². The highest BCUT2D eigenvalue weighted by Gasteiger charge is 2.22. The van der Waals surface area contributed by atoms with Gasteiger partial charge in [0.05, 0.1) is 21.8 Å². The second-order valence-corrected chi connectivity index (χ2v) is 10.1. The molecule has 0 radical (unpaired) electrons. The molecule has 6 nitrogen and oxygen atoms in total. The van der Waals surface area contributed by atoms with E-state index < -0.39 is 5.97 Å². The van der Waals surface area contributed by atoms with Gasteiger partial charge in [0.1, 0.15) is 11.5 Å². The first kappa shape index (κ1) is 23.9. The topological polar surface area (TPSA) is 84.8 Å². The van der Waals surface area contributed by atoms with Crippen molar-refractivity contribution < 1.29 is 14.3 Å². The quantitative estimate of drug-likeness (QED) is 0.315. The minimum atomic E-state index is -0.987. The van der Waals surface area contributed by atoms with Gasteiger partial charge in [-0.1, -0.05) is 77.5 Å². The van der Waals surface area contributed by atoms with Gasteiger partial charge >= 0.3 is 5.97 Å². The lowest BCUT2D eigenvalue weighted by atomic mass is 10.0. The van der Waals surface area contributed by atoms with Crippen molar-refractivity contribution in [3.05, 3.63) is 144 Å². The molecule has 0 bridgehead atoms. The molecule has 1 aliphatic heterocycles. The highest BCUT2D eigenvalue weighted by Crippen LogP contribution is 2.28. The van der Waals surface area contributed by atoms with Crippen LogP contribution in [0.25, 0.3) is 23.1 Å². The van der Waals surface area contributed by atoms with Gasteiger partial charge in [0.25, 0.3) is 5.56 Å². The predicted molar refractivity (Wildman–Crippen MR) is 148 cm³/mol. The lowest BCUT2D eigenvalue weighted by Gasteiger charge is -2.19. The van der Waals surface area contributed by atoms with Crippen LogP contribution in [0.15, 0.2) is 111 Å². The van der Waals surface area contributed by atoms with Crippen molar-refractivity contribution in [2.24, 2.45) is 4.99 Å². The summed E-state index contributed by atoms with van der Waals surface area (Å²) in [7, 11) is 0. The first-order valence-electron chi connectivity index (χ1n) is 11.7. The van der Waals surface area contributed by atoms with E-state index in [9.17, 15) is 9.59 Å². The van der Waals surface area contributed by atoms with Crippen molar-refractivity contribution >= 4 is 40.7 Å². The molecule has 6 rings (SSSR count). The zero-order valence-electron chi connectivity index (χ0n) is 19.7. The van der Waals surface area contributed by atoms with Crippen LogP contribution in [0, 0.1) is 0 Å². The van der Waals surface area contributed by atoms with Gasteiger partial charge in [-0.2, -0.15) is 0 Å². The molecule has 0 saturated heterocycles. The Labute approximate surface area is 225 Å². The molecule has 1 aliphatic rings. The number of furan rings is 1. The van der Waals surface area contributed by atoms with Gasteiger partial charge in [0.2, 0.25) is 0 Å². The molecule has 1 atom stereocenters. The maximum atomic E-state index is 13.6. The smallest absolute Gasteiger partial charge is 0.335 e. The molecule has 0 aliphatic carbocycles. The van der Waals surface area contributed by atoms with Gasteiger partial charge in [0.15, 0.2) is 4.80 Å². The van der Waals surface area contributed by atoms with Crippen molar-refractivity contribution in [1.82, 2.24) is 4.57 Å². The normalized spacial score (nSPS) is 15.0. The van der Waals surface area contributed by atoms with E-state index in [1.54, 1.807) is 34.9 Å². The summed E-state index contributed by atoms with van der Waals surface area (Å²) in [5, 5.41) is 9.74. The van der Waals surface area contributed by atoms with E-state index in [0.29, 0.717) is 25.9 Å². The maximum absolute atomic E-state index is 13.6. The highest BCUT2D eigenvalue weighted by atomic mass is 35.5. The van der Waals surface area contributed by atoms with Crippen molar-refractivity contribution in [2.45, 2.75) is 6.04 Å². The zero-order valence-corrected chi connectivity index (χ0v) is 21.3. The van der Waals surface area contributed by atoms with Crippen LogP contribution in [0.3, 0.4) is 0 Å². The van der Waals surface area contributed by atoms with Crippen LogP contribution in [-0.4, -0.2) is 15.6 Å². The minimum Gasteiger partial charge on any atom is -0.478 e. The van der Waals surface area contributed by atoms with E-state index in [1.165, 1.54) is 23.5 Å². The van der Waals surface area contributed by atoms with Gasteiger partial charge in [-0.15, -0.1) is 0 Å². The van der Waals surface area contributed by atoms with Crippen molar-refractivity contribution in [3.63, 3.8) is 0 Å². The summed E-state index contributed by atoms with van der Waals surface area (Å²) >= 11 is 7.43. The summed E-state index contributed by atoms with van der Waals surface area (Å²) in [5.41, 5.74) is 3.46. The molecule has 38 heavy (non-hydrogen) atoms. The van der Waals surface area contributed by atoms with Crippen LogP contribution in [0.2, 0.25) is 5.02 Å². The third-order valence-electron chi connectivity index (χ3n) is 6.24. The number of hydrogen-bond acceptors (Lipinski definition) is 5. The summed E-state index contributed by atoms with van der Waals surface area (Å²) in [6.07, 6.45) is 3.71. The summed E-state index contributed by atoms with van der Waals surface area (Å²) in [5.74, 6) is 0.101. The monoisotopic (exact) mass is 538 g/mol. The molecule has 8 heteroatoms. The van der Waals surface area contributed by atoms with Gasteiger partial charge in [-0.3, -0.25) is 9.36 Å². The number of halogens is 1. The number of hydrogen-bond donors (Lipinski definition) is 1. The van der Waals surface area contributed by atoms with Crippen molar-refractivity contribution in [1.29, 1.82) is 0 Å². The number of benzene rings is 3. The molecule has 1 N–H and O–H groups in total. The molecule has 0 saturated carbocycles. The third-order valence-corrected chi connectivity index (χ3v) is 7.48. The Balaban J connectivity index is 1.44. The van der Waals surface area contributed by atoms with E-state index in [2.05, 4.69) is 0 Å². The summed E-state index contributed by atoms with van der Waals surface area (Å²) in [6.45, 7) is 0. The van der Waals surface area contributed by atoms with E-state index in [0.717, 1.165) is 22.4 Å². The van der Waals surface area contributed by atoms with Gasteiger partial charge in [0, 0.05) is 16.7 Å². The lowest BCUT2D eigenvalue weighted by Crippen LogP contribution is -2.36. The SMILES string of the molecule is O=C(O)c1ccc(-c2ccc(C=c3sc4n(c3=O)C(c3ccc(Cl)cc3)C=C(c3ccccc3)N=4)o2)cc1. The van der Waals surface area contributed by atoms with Crippen molar-refractivity contribution in [3.8, 4) is 11.3 Å². The average molecular weight is 539 g/mol. The fourth-order valence-corrected chi connectivity index (χ4v) is 5.46. The second kappa shape index (κ2) is 9.78. The number of fused-ring (bicyclic) bond motifs is 1. The Bertz CT molecular complexity index is 1870. The molecule has 5 aromatic rings. The third kappa shape index (κ3) is 4.53. The lowest BCUT2D eigenvalue weighted by molar-refractivity contribution is 0.0697. The van der Waals surface area contributed by atoms with Crippen molar-refractivity contribution in [2.75, 3.05) is 0 Å². The molecular weight excluding hydrogens is 520 g/mol. The van der Waals surface area contributed by atoms with Crippen LogP contribution in [0.1, 0.15) is 33.3 Å². The summed E-state index contributed by atoms with van der Waals surface area (Å²) in [4.78, 5) is 30.2. The Kier molecular flexibility index (Phi) is 6.15. The van der Waals surface area contributed by atoms with Crippen LogP contribution in [0.5, 0.6) is 0 Å². The maximum Gasteiger partial charge on any atom is 0.335 e. The molecule has 2 aromatic heterocycles. The van der Waals surface area contributed by atoms with E-state index in [1.807, 2.05) is 60.7 Å². The van der Waals surface area contributed by atoms with Gasteiger partial charge in [-0.05, 0) is 53.6 Å².